The van der Waals surface area contributed by atoms with E-state index in [1.807, 2.05) is 60.7 Å². The van der Waals surface area contributed by atoms with E-state index in [0.29, 0.717) is 5.56 Å². The van der Waals surface area contributed by atoms with E-state index in [2.05, 4.69) is 4.98 Å². The summed E-state index contributed by atoms with van der Waals surface area (Å²) in [5.41, 5.74) is 0.267. The highest BCUT2D eigenvalue weighted by atomic mass is 19.4. The van der Waals surface area contributed by atoms with Gasteiger partial charge in [-0.05, 0) is 34.9 Å². The Labute approximate surface area is 199 Å². The number of aromatic nitrogens is 1. The van der Waals surface area contributed by atoms with E-state index < -0.39 is 23.3 Å². The van der Waals surface area contributed by atoms with Crippen LogP contribution < -0.4 is 9.47 Å². The molecule has 3 aromatic carbocycles. The highest BCUT2D eigenvalue weighted by Gasteiger charge is 2.35. The van der Waals surface area contributed by atoms with Crippen LogP contribution in [0, 0.1) is 0 Å². The number of pyridine rings is 1. The number of hydrogen-bond acceptors (Lipinski definition) is 4. The van der Waals surface area contributed by atoms with Gasteiger partial charge >= 0.3 is 12.1 Å². The van der Waals surface area contributed by atoms with Crippen LogP contribution in [0.3, 0.4) is 0 Å². The van der Waals surface area contributed by atoms with Crippen molar-refractivity contribution in [3.8, 4) is 22.9 Å². The van der Waals surface area contributed by atoms with Gasteiger partial charge < -0.3 is 14.6 Å². The normalized spacial score (nSPS) is 11.2. The molecule has 0 radical (unpaired) electrons. The van der Waals surface area contributed by atoms with E-state index in [1.54, 1.807) is 12.1 Å². The highest BCUT2D eigenvalue weighted by molar-refractivity contribution is 5.91. The van der Waals surface area contributed by atoms with Crippen LogP contribution in [0.4, 0.5) is 13.2 Å². The second-order valence-electron chi connectivity index (χ2n) is 7.61. The first-order chi connectivity index (χ1) is 16.8. The van der Waals surface area contributed by atoms with Crippen molar-refractivity contribution < 1.29 is 32.5 Å². The van der Waals surface area contributed by atoms with Crippen molar-refractivity contribution >= 4 is 5.97 Å². The summed E-state index contributed by atoms with van der Waals surface area (Å²) in [5, 5.41) is 9.38. The first kappa shape index (κ1) is 23.8. The maximum atomic E-state index is 13.3. The summed E-state index contributed by atoms with van der Waals surface area (Å²) in [6.07, 6.45) is -4.80. The molecule has 5 nitrogen and oxygen atoms in total. The maximum absolute atomic E-state index is 13.3. The minimum absolute atomic E-state index is 0.107. The van der Waals surface area contributed by atoms with Gasteiger partial charge in [-0.2, -0.15) is 18.2 Å². The average molecular weight is 479 g/mol. The molecule has 0 amide bonds. The van der Waals surface area contributed by atoms with E-state index in [4.69, 9.17) is 9.47 Å². The standard InChI is InChI=1S/C27H20F3NO4/c28-27(29,30)23-13-11-20(15-22(23)26(32)33)21-12-14-24(34-16-18-7-3-1-4-8-18)31-25(21)35-17-19-9-5-2-6-10-19/h1-15H,16-17H2,(H,32,33). The molecule has 0 spiro atoms. The summed E-state index contributed by atoms with van der Waals surface area (Å²) in [6, 6.07) is 24.8. The van der Waals surface area contributed by atoms with Crippen molar-refractivity contribution in [3.63, 3.8) is 0 Å². The predicted octanol–water partition coefficient (Wildman–Crippen LogP) is 6.62. The van der Waals surface area contributed by atoms with E-state index >= 15 is 0 Å². The monoisotopic (exact) mass is 479 g/mol. The van der Waals surface area contributed by atoms with E-state index in [-0.39, 0.29) is 30.5 Å². The largest absolute Gasteiger partial charge is 0.478 e. The second-order valence-corrected chi connectivity index (χ2v) is 7.61. The topological polar surface area (TPSA) is 68.7 Å². The Morgan fingerprint density at radius 2 is 1.40 bits per heavy atom. The third-order valence-corrected chi connectivity index (χ3v) is 5.15. The molecule has 1 N–H and O–H groups in total. The van der Waals surface area contributed by atoms with Crippen molar-refractivity contribution in [2.75, 3.05) is 0 Å². The molecule has 0 atom stereocenters. The number of benzene rings is 3. The van der Waals surface area contributed by atoms with Gasteiger partial charge in [0.1, 0.15) is 13.2 Å². The van der Waals surface area contributed by atoms with Crippen LogP contribution in [0.5, 0.6) is 11.8 Å². The molecule has 0 aliphatic carbocycles. The first-order valence-corrected chi connectivity index (χ1v) is 10.6. The van der Waals surface area contributed by atoms with Crippen molar-refractivity contribution in [1.29, 1.82) is 0 Å². The molecule has 1 heterocycles. The van der Waals surface area contributed by atoms with Crippen LogP contribution in [0.15, 0.2) is 91.0 Å². The number of carboxylic acid groups (broad SMARTS) is 1. The van der Waals surface area contributed by atoms with Gasteiger partial charge in [0.2, 0.25) is 11.8 Å². The van der Waals surface area contributed by atoms with Crippen LogP contribution in [0.25, 0.3) is 11.1 Å². The zero-order valence-electron chi connectivity index (χ0n) is 18.3. The quantitative estimate of drug-likeness (QED) is 0.307. The van der Waals surface area contributed by atoms with Gasteiger partial charge in [-0.1, -0.05) is 66.7 Å². The van der Waals surface area contributed by atoms with Crippen molar-refractivity contribution in [2.45, 2.75) is 19.4 Å². The third kappa shape index (κ3) is 5.97. The number of alkyl halides is 3. The SMILES string of the molecule is O=C(O)c1cc(-c2ccc(OCc3ccccc3)nc2OCc2ccccc2)ccc1C(F)(F)F. The molecule has 4 rings (SSSR count). The molecular formula is C27H20F3NO4. The molecule has 0 unspecified atom stereocenters. The zero-order valence-corrected chi connectivity index (χ0v) is 18.3. The van der Waals surface area contributed by atoms with Gasteiger partial charge in [0.05, 0.1) is 11.1 Å². The Morgan fingerprint density at radius 1 is 0.800 bits per heavy atom. The Hall–Kier alpha value is -4.33. The Balaban J connectivity index is 1.69. The number of carbonyl (C=O) groups is 1. The van der Waals surface area contributed by atoms with Gasteiger partial charge in [0.15, 0.2) is 0 Å². The smallest absolute Gasteiger partial charge is 0.417 e. The summed E-state index contributed by atoms with van der Waals surface area (Å²) < 4.78 is 51.5. The molecule has 0 bridgehead atoms. The number of rotatable bonds is 8. The number of aromatic carboxylic acids is 1. The van der Waals surface area contributed by atoms with E-state index in [9.17, 15) is 23.1 Å². The van der Waals surface area contributed by atoms with Crippen LogP contribution in [0.1, 0.15) is 27.0 Å². The van der Waals surface area contributed by atoms with Gasteiger partial charge in [-0.25, -0.2) is 4.79 Å². The summed E-state index contributed by atoms with van der Waals surface area (Å²) in [7, 11) is 0. The first-order valence-electron chi connectivity index (χ1n) is 10.6. The molecule has 0 aliphatic rings. The van der Waals surface area contributed by atoms with Crippen molar-refractivity contribution in [3.05, 3.63) is 113 Å². The molecule has 35 heavy (non-hydrogen) atoms. The summed E-state index contributed by atoms with van der Waals surface area (Å²) in [6.45, 7) is 0.407. The van der Waals surface area contributed by atoms with Crippen LogP contribution in [-0.4, -0.2) is 16.1 Å². The molecular weight excluding hydrogens is 459 g/mol. The number of nitrogens with zero attached hydrogens (tertiary/aromatic N) is 1. The lowest BCUT2D eigenvalue weighted by Crippen LogP contribution is -2.13. The highest BCUT2D eigenvalue weighted by Crippen LogP contribution is 2.37. The van der Waals surface area contributed by atoms with Gasteiger partial charge in [-0.3, -0.25) is 0 Å². The zero-order chi connectivity index (χ0) is 24.8. The lowest BCUT2D eigenvalue weighted by atomic mass is 9.99. The van der Waals surface area contributed by atoms with Crippen molar-refractivity contribution in [1.82, 2.24) is 4.98 Å². The van der Waals surface area contributed by atoms with E-state index in [0.717, 1.165) is 23.3 Å². The Morgan fingerprint density at radius 3 is 1.97 bits per heavy atom. The minimum Gasteiger partial charge on any atom is -0.478 e. The van der Waals surface area contributed by atoms with Gasteiger partial charge in [0.25, 0.3) is 0 Å². The van der Waals surface area contributed by atoms with Gasteiger partial charge in [-0.15, -0.1) is 0 Å². The Kier molecular flexibility index (Phi) is 7.01. The molecule has 8 heteroatoms. The fraction of sp³-hybridized carbons (Fsp3) is 0.111. The second kappa shape index (κ2) is 10.3. The lowest BCUT2D eigenvalue weighted by molar-refractivity contribution is -0.138. The molecule has 1 aromatic heterocycles. The molecule has 0 aliphatic heterocycles. The minimum atomic E-state index is -4.80. The lowest BCUT2D eigenvalue weighted by Gasteiger charge is -2.15. The van der Waals surface area contributed by atoms with Crippen LogP contribution in [0.2, 0.25) is 0 Å². The van der Waals surface area contributed by atoms with E-state index in [1.165, 1.54) is 6.07 Å². The van der Waals surface area contributed by atoms with Crippen molar-refractivity contribution in [2.24, 2.45) is 0 Å². The fourth-order valence-electron chi connectivity index (χ4n) is 3.43. The summed E-state index contributed by atoms with van der Waals surface area (Å²) in [4.78, 5) is 16.0. The third-order valence-electron chi connectivity index (χ3n) is 5.15. The number of halogens is 3. The fourth-order valence-corrected chi connectivity index (χ4v) is 3.43. The maximum Gasteiger partial charge on any atom is 0.417 e. The molecule has 4 aromatic rings. The Bertz CT molecular complexity index is 1310. The molecule has 0 saturated carbocycles. The number of carboxylic acids is 1. The van der Waals surface area contributed by atoms with Crippen LogP contribution >= 0.6 is 0 Å². The average Bonchev–Trinajstić information content (AvgIpc) is 2.86. The summed E-state index contributed by atoms with van der Waals surface area (Å²) in [5.74, 6) is -1.32. The molecule has 0 fully saturated rings. The van der Waals surface area contributed by atoms with Gasteiger partial charge in [0, 0.05) is 11.6 Å². The number of hydrogen-bond donors (Lipinski definition) is 1. The number of ether oxygens (including phenoxy) is 2. The predicted molar refractivity (Wildman–Crippen MR) is 123 cm³/mol. The molecule has 178 valence electrons. The molecule has 0 saturated heterocycles. The van der Waals surface area contributed by atoms with Crippen LogP contribution in [-0.2, 0) is 19.4 Å². The summed E-state index contributed by atoms with van der Waals surface area (Å²) >= 11 is 0.